The molecule has 0 aromatic carbocycles. The molecule has 17 heavy (non-hydrogen) atoms. The fourth-order valence-corrected chi connectivity index (χ4v) is 2.49. The summed E-state index contributed by atoms with van der Waals surface area (Å²) in [5, 5.41) is 0. The minimum Gasteiger partial charge on any atom is -0.393 e. The highest BCUT2D eigenvalue weighted by Crippen LogP contribution is 2.28. The van der Waals surface area contributed by atoms with Gasteiger partial charge in [-0.25, -0.2) is 0 Å². The molecule has 0 heterocycles. The Morgan fingerprint density at radius 1 is 1.47 bits per heavy atom. The van der Waals surface area contributed by atoms with Crippen molar-refractivity contribution in [3.8, 4) is 0 Å². The third-order valence-corrected chi connectivity index (χ3v) is 4.10. The van der Waals surface area contributed by atoms with E-state index in [9.17, 15) is 4.79 Å². The Kier molecular flexibility index (Phi) is 5.89. The summed E-state index contributed by atoms with van der Waals surface area (Å²) in [5.41, 5.74) is 5.55. The molecule has 1 amide bonds. The van der Waals surface area contributed by atoms with Crippen molar-refractivity contribution in [1.82, 2.24) is 4.90 Å². The molecule has 0 saturated heterocycles. The van der Waals surface area contributed by atoms with Crippen LogP contribution in [0.15, 0.2) is 0 Å². The maximum atomic E-state index is 11.9. The van der Waals surface area contributed by atoms with Crippen molar-refractivity contribution < 1.29 is 4.79 Å². The molecule has 1 aliphatic rings. The van der Waals surface area contributed by atoms with E-state index < -0.39 is 0 Å². The predicted octanol–water partition coefficient (Wildman–Crippen LogP) is 2.34. The van der Waals surface area contributed by atoms with Gasteiger partial charge in [0, 0.05) is 25.9 Å². The zero-order valence-electron chi connectivity index (χ0n) is 10.9. The van der Waals surface area contributed by atoms with E-state index in [1.165, 1.54) is 25.7 Å². The van der Waals surface area contributed by atoms with Crippen LogP contribution in [0.25, 0.3) is 0 Å². The van der Waals surface area contributed by atoms with Crippen molar-refractivity contribution in [3.05, 3.63) is 0 Å². The minimum atomic E-state index is 0.102. The fourth-order valence-electron chi connectivity index (χ4n) is 2.42. The first-order valence-electron chi connectivity index (χ1n) is 6.54. The molecule has 1 atom stereocenters. The van der Waals surface area contributed by atoms with E-state index in [1.807, 2.05) is 14.0 Å². The topological polar surface area (TPSA) is 46.3 Å². The third-order valence-electron chi connectivity index (χ3n) is 3.70. The fraction of sp³-hybridized carbons (Fsp3) is 0.846. The second-order valence-corrected chi connectivity index (χ2v) is 5.74. The zero-order valence-corrected chi connectivity index (χ0v) is 11.8. The number of thiocarbonyl (C=S) groups is 1. The SMILES string of the molecule is CC(CN(C)C(=O)CCC1CCCC1)C(N)=S. The van der Waals surface area contributed by atoms with Crippen LogP contribution < -0.4 is 5.73 Å². The van der Waals surface area contributed by atoms with Crippen LogP contribution in [-0.4, -0.2) is 29.4 Å². The first-order chi connectivity index (χ1) is 8.00. The van der Waals surface area contributed by atoms with Crippen LogP contribution in [0.3, 0.4) is 0 Å². The lowest BCUT2D eigenvalue weighted by Crippen LogP contribution is -2.35. The first-order valence-corrected chi connectivity index (χ1v) is 6.94. The maximum Gasteiger partial charge on any atom is 0.222 e. The maximum absolute atomic E-state index is 11.9. The van der Waals surface area contributed by atoms with Crippen LogP contribution >= 0.6 is 12.2 Å². The van der Waals surface area contributed by atoms with Crippen molar-refractivity contribution in [3.63, 3.8) is 0 Å². The average molecular weight is 256 g/mol. The molecule has 98 valence electrons. The summed E-state index contributed by atoms with van der Waals surface area (Å²) < 4.78 is 0. The second-order valence-electron chi connectivity index (χ2n) is 5.27. The van der Waals surface area contributed by atoms with Crippen LogP contribution in [0.1, 0.15) is 45.4 Å². The lowest BCUT2D eigenvalue weighted by atomic mass is 10.0. The summed E-state index contributed by atoms with van der Waals surface area (Å²) >= 11 is 4.91. The Bertz CT molecular complexity index is 275. The molecule has 1 unspecified atom stereocenters. The number of amides is 1. The predicted molar refractivity (Wildman–Crippen MR) is 74.8 cm³/mol. The van der Waals surface area contributed by atoms with Crippen LogP contribution in [0.5, 0.6) is 0 Å². The number of carbonyl (C=O) groups is 1. The molecule has 1 aliphatic carbocycles. The van der Waals surface area contributed by atoms with Gasteiger partial charge in [-0.1, -0.05) is 44.8 Å². The van der Waals surface area contributed by atoms with Crippen molar-refractivity contribution in [2.45, 2.75) is 45.4 Å². The van der Waals surface area contributed by atoms with Crippen LogP contribution in [0, 0.1) is 11.8 Å². The monoisotopic (exact) mass is 256 g/mol. The molecular formula is C13H24N2OS. The van der Waals surface area contributed by atoms with Gasteiger partial charge in [0.25, 0.3) is 0 Å². The van der Waals surface area contributed by atoms with Gasteiger partial charge in [0.05, 0.1) is 4.99 Å². The Morgan fingerprint density at radius 2 is 2.06 bits per heavy atom. The lowest BCUT2D eigenvalue weighted by Gasteiger charge is -2.21. The lowest BCUT2D eigenvalue weighted by molar-refractivity contribution is -0.130. The van der Waals surface area contributed by atoms with Crippen molar-refractivity contribution >= 4 is 23.1 Å². The normalized spacial score (nSPS) is 18.0. The third kappa shape index (κ3) is 5.02. The van der Waals surface area contributed by atoms with Crippen molar-refractivity contribution in [2.75, 3.05) is 13.6 Å². The highest BCUT2D eigenvalue weighted by atomic mass is 32.1. The first kappa shape index (κ1) is 14.4. The van der Waals surface area contributed by atoms with Crippen LogP contribution in [0.4, 0.5) is 0 Å². The highest BCUT2D eigenvalue weighted by molar-refractivity contribution is 7.80. The number of rotatable bonds is 6. The van der Waals surface area contributed by atoms with Gasteiger partial charge >= 0.3 is 0 Å². The summed E-state index contributed by atoms with van der Waals surface area (Å²) in [6.07, 6.45) is 7.01. The molecule has 1 fully saturated rings. The molecule has 1 saturated carbocycles. The Labute approximate surface area is 110 Å². The number of hydrogen-bond donors (Lipinski definition) is 1. The van der Waals surface area contributed by atoms with Gasteiger partial charge in [0.2, 0.25) is 5.91 Å². The minimum absolute atomic E-state index is 0.102. The molecule has 4 heteroatoms. The van der Waals surface area contributed by atoms with Crippen LogP contribution in [-0.2, 0) is 4.79 Å². The van der Waals surface area contributed by atoms with E-state index in [0.29, 0.717) is 18.0 Å². The molecule has 1 rings (SSSR count). The van der Waals surface area contributed by atoms with E-state index >= 15 is 0 Å². The summed E-state index contributed by atoms with van der Waals surface area (Å²) in [5.74, 6) is 1.10. The van der Waals surface area contributed by atoms with E-state index in [2.05, 4.69) is 0 Å². The summed E-state index contributed by atoms with van der Waals surface area (Å²) in [7, 11) is 1.84. The number of hydrogen-bond acceptors (Lipinski definition) is 2. The Hall–Kier alpha value is -0.640. The van der Waals surface area contributed by atoms with Gasteiger partial charge < -0.3 is 10.6 Å². The summed E-state index contributed by atoms with van der Waals surface area (Å²) in [6.45, 7) is 2.60. The van der Waals surface area contributed by atoms with Gasteiger partial charge in [0.15, 0.2) is 0 Å². The smallest absolute Gasteiger partial charge is 0.222 e. The van der Waals surface area contributed by atoms with Crippen LogP contribution in [0.2, 0.25) is 0 Å². The van der Waals surface area contributed by atoms with Gasteiger partial charge in [-0.2, -0.15) is 0 Å². The van der Waals surface area contributed by atoms with Gasteiger partial charge in [0.1, 0.15) is 0 Å². The summed E-state index contributed by atoms with van der Waals surface area (Å²) in [4.78, 5) is 14.1. The molecule has 0 radical (unpaired) electrons. The highest BCUT2D eigenvalue weighted by Gasteiger charge is 2.18. The van der Waals surface area contributed by atoms with Crippen molar-refractivity contribution in [1.29, 1.82) is 0 Å². The van der Waals surface area contributed by atoms with Gasteiger partial charge in [-0.05, 0) is 12.3 Å². The van der Waals surface area contributed by atoms with E-state index in [-0.39, 0.29) is 11.8 Å². The largest absolute Gasteiger partial charge is 0.393 e. The molecule has 2 N–H and O–H groups in total. The molecule has 0 aromatic heterocycles. The Balaban J connectivity index is 2.23. The molecule has 0 bridgehead atoms. The van der Waals surface area contributed by atoms with E-state index in [1.54, 1.807) is 4.90 Å². The van der Waals surface area contributed by atoms with Gasteiger partial charge in [-0.3, -0.25) is 4.79 Å². The van der Waals surface area contributed by atoms with E-state index in [0.717, 1.165) is 12.3 Å². The molecule has 0 spiro atoms. The van der Waals surface area contributed by atoms with Gasteiger partial charge in [-0.15, -0.1) is 0 Å². The molecule has 0 aliphatic heterocycles. The standard InChI is InChI=1S/C13H24N2OS/c1-10(13(14)17)9-15(2)12(16)8-7-11-5-3-4-6-11/h10-11H,3-9H2,1-2H3,(H2,14,17). The number of nitrogens with zero attached hydrogens (tertiary/aromatic N) is 1. The number of nitrogens with two attached hydrogens (primary N) is 1. The quantitative estimate of drug-likeness (QED) is 0.742. The van der Waals surface area contributed by atoms with Crippen molar-refractivity contribution in [2.24, 2.45) is 17.6 Å². The molecular weight excluding hydrogens is 232 g/mol. The number of carbonyl (C=O) groups excluding carboxylic acids is 1. The molecule has 3 nitrogen and oxygen atoms in total. The van der Waals surface area contributed by atoms with E-state index in [4.69, 9.17) is 18.0 Å². The molecule has 0 aromatic rings. The zero-order chi connectivity index (χ0) is 12.8. The Morgan fingerprint density at radius 3 is 2.59 bits per heavy atom. The average Bonchev–Trinajstić information content (AvgIpc) is 2.78. The second kappa shape index (κ2) is 6.94. The summed E-state index contributed by atoms with van der Waals surface area (Å²) in [6, 6.07) is 0.